The molecule has 44 heavy (non-hydrogen) atoms. The third-order valence-electron chi connectivity index (χ3n) is 8.68. The van der Waals surface area contributed by atoms with Crippen molar-refractivity contribution in [3.05, 3.63) is 46.5 Å². The Bertz CT molecular complexity index is 1330. The Labute approximate surface area is 263 Å². The molecule has 0 aromatic heterocycles. The molecular formula is C32H43ClN2O9. The summed E-state index contributed by atoms with van der Waals surface area (Å²) in [5, 5.41) is 14.4. The summed E-state index contributed by atoms with van der Waals surface area (Å²) in [6.07, 6.45) is 2.47. The first kappa shape index (κ1) is 33.8. The predicted octanol–water partition coefficient (Wildman–Crippen LogP) is 4.47. The van der Waals surface area contributed by atoms with E-state index in [4.69, 9.17) is 35.3 Å². The summed E-state index contributed by atoms with van der Waals surface area (Å²) in [7, 11) is 4.57. The summed E-state index contributed by atoms with van der Waals surface area (Å²) in [4.78, 5) is 40.6. The van der Waals surface area contributed by atoms with Gasteiger partial charge in [-0.1, -0.05) is 49.2 Å². The zero-order chi connectivity index (χ0) is 32.4. The topological polar surface area (TPSA) is 136 Å². The molecule has 2 N–H and O–H groups in total. The van der Waals surface area contributed by atoms with Crippen molar-refractivity contribution in [3.63, 3.8) is 0 Å². The predicted molar refractivity (Wildman–Crippen MR) is 164 cm³/mol. The van der Waals surface area contributed by atoms with Gasteiger partial charge in [-0.05, 0) is 44.4 Å². The van der Waals surface area contributed by atoms with Gasteiger partial charge in [0.15, 0.2) is 5.72 Å². The summed E-state index contributed by atoms with van der Waals surface area (Å²) >= 11 is 6.68. The molecule has 11 nitrogen and oxygen atoms in total. The number of hydrogen-bond acceptors (Lipinski definition) is 9. The average molecular weight is 635 g/mol. The van der Waals surface area contributed by atoms with Crippen molar-refractivity contribution in [2.75, 3.05) is 26.2 Å². The van der Waals surface area contributed by atoms with Crippen LogP contribution in [0.15, 0.2) is 35.9 Å². The zero-order valence-electron chi connectivity index (χ0n) is 26.3. The van der Waals surface area contributed by atoms with Crippen LogP contribution in [0.3, 0.4) is 0 Å². The number of esters is 1. The Morgan fingerprint density at radius 3 is 2.66 bits per heavy atom. The zero-order valence-corrected chi connectivity index (χ0v) is 27.1. The van der Waals surface area contributed by atoms with Gasteiger partial charge in [0.2, 0.25) is 5.91 Å². The minimum Gasteiger partial charge on any atom is -0.495 e. The van der Waals surface area contributed by atoms with Crippen LogP contribution in [0.5, 0.6) is 5.75 Å². The minimum atomic E-state index is -1.76. The van der Waals surface area contributed by atoms with Gasteiger partial charge in [-0.2, -0.15) is 0 Å². The van der Waals surface area contributed by atoms with E-state index in [1.807, 2.05) is 39.0 Å². The van der Waals surface area contributed by atoms with Gasteiger partial charge in [0, 0.05) is 32.9 Å². The highest BCUT2D eigenvalue weighted by molar-refractivity contribution is 6.35. The number of rotatable bonds is 5. The third kappa shape index (κ3) is 7.06. The number of benzene rings is 1. The maximum absolute atomic E-state index is 13.8. The second-order valence-corrected chi connectivity index (χ2v) is 12.4. The van der Waals surface area contributed by atoms with Crippen molar-refractivity contribution >= 4 is 35.3 Å². The van der Waals surface area contributed by atoms with Crippen LogP contribution >= 0.6 is 11.6 Å². The molecule has 7 atom stereocenters. The lowest BCUT2D eigenvalue weighted by Gasteiger charge is -2.42. The van der Waals surface area contributed by atoms with E-state index in [2.05, 4.69) is 5.32 Å². The number of anilines is 1. The number of ether oxygens (including phenoxy) is 5. The molecule has 0 spiro atoms. The fourth-order valence-electron chi connectivity index (χ4n) is 6.03. The molecule has 3 aliphatic rings. The number of nitrogens with one attached hydrogen (secondary N) is 1. The van der Waals surface area contributed by atoms with Gasteiger partial charge < -0.3 is 33.7 Å². The molecule has 1 aromatic carbocycles. The van der Waals surface area contributed by atoms with E-state index in [1.54, 1.807) is 26.1 Å². The highest BCUT2D eigenvalue weighted by Gasteiger charge is 2.64. The Kier molecular flexibility index (Phi) is 10.3. The van der Waals surface area contributed by atoms with Crippen LogP contribution in [0, 0.1) is 5.92 Å². The monoisotopic (exact) mass is 634 g/mol. The van der Waals surface area contributed by atoms with Gasteiger partial charge in [-0.3, -0.25) is 14.9 Å². The van der Waals surface area contributed by atoms with Crippen LogP contribution < -0.4 is 15.0 Å². The summed E-state index contributed by atoms with van der Waals surface area (Å²) in [6, 6.07) is 3.64. The van der Waals surface area contributed by atoms with Crippen molar-refractivity contribution in [2.24, 2.45) is 5.92 Å². The Balaban J connectivity index is 1.79. The number of methoxy groups -OCH3 is 2. The van der Waals surface area contributed by atoms with Gasteiger partial charge in [0.25, 0.3) is 0 Å². The lowest BCUT2D eigenvalue weighted by molar-refractivity contribution is -0.153. The maximum Gasteiger partial charge on any atom is 0.409 e. The highest BCUT2D eigenvalue weighted by Crippen LogP contribution is 2.49. The minimum absolute atomic E-state index is 0.00742. The molecule has 1 aromatic rings. The number of nitrogens with zero attached hydrogens (tertiary/aromatic N) is 1. The fourth-order valence-corrected chi connectivity index (χ4v) is 6.34. The van der Waals surface area contributed by atoms with E-state index in [1.165, 1.54) is 19.1 Å². The van der Waals surface area contributed by atoms with E-state index in [-0.39, 0.29) is 30.2 Å². The number of aliphatic hydroxyl groups is 1. The molecule has 3 aliphatic heterocycles. The van der Waals surface area contributed by atoms with E-state index in [9.17, 15) is 19.5 Å². The number of allylic oxidation sites excluding steroid dienone is 3. The average Bonchev–Trinajstić information content (AvgIpc) is 3.66. The van der Waals surface area contributed by atoms with Crippen LogP contribution in [0.1, 0.15) is 58.9 Å². The first-order valence-electron chi connectivity index (χ1n) is 14.8. The molecule has 4 bridgehead atoms. The first-order valence-corrected chi connectivity index (χ1v) is 15.2. The molecule has 3 heterocycles. The molecule has 242 valence electrons. The number of amides is 2. The number of carbonyl (C=O) groups is 3. The lowest BCUT2D eigenvalue weighted by atomic mass is 9.83. The van der Waals surface area contributed by atoms with E-state index in [0.717, 1.165) is 11.1 Å². The number of epoxide rings is 1. The number of carbonyl (C=O) groups excluding carboxylic acids is 3. The van der Waals surface area contributed by atoms with Crippen molar-refractivity contribution < 1.29 is 43.2 Å². The molecule has 12 heteroatoms. The molecular weight excluding hydrogens is 592 g/mol. The van der Waals surface area contributed by atoms with Crippen LogP contribution in [0.25, 0.3) is 0 Å². The van der Waals surface area contributed by atoms with Gasteiger partial charge in [0.1, 0.15) is 34.7 Å². The Hall–Kier alpha value is -3.12. The number of hydrogen-bond donors (Lipinski definition) is 2. The number of alkyl carbamates (subject to hydrolysis) is 1. The molecule has 2 amide bonds. The second kappa shape index (κ2) is 13.5. The standard InChI is InChI=1S/C32H43ClN2O9/c1-8-10-27(37)43-25-16-26(36)35(5)21-14-20(15-22(40-6)28(21)33)13-18(2)11-9-12-24(41-7)32(39)17-23(42-30(38)34-32)19(3)29-31(25,4)44-29/h9,11-12,14-15,19,23-25,29,39H,8,10,13,16-17H2,1-7H3,(H,34,38)/t19-,23+,24-,25+,29-,31+,32+/m1/s1. The molecule has 0 radical (unpaired) electrons. The van der Waals surface area contributed by atoms with Gasteiger partial charge in [0.05, 0.1) is 25.3 Å². The van der Waals surface area contributed by atoms with E-state index < -0.39 is 53.7 Å². The first-order chi connectivity index (χ1) is 20.8. The number of fused-ring (bicyclic) bond motifs is 5. The largest absolute Gasteiger partial charge is 0.495 e. The molecule has 2 fully saturated rings. The fraction of sp³-hybridized carbons (Fsp3) is 0.594. The molecule has 2 saturated heterocycles. The Morgan fingerprint density at radius 2 is 2.00 bits per heavy atom. The number of halogens is 1. The Morgan fingerprint density at radius 1 is 1.27 bits per heavy atom. The van der Waals surface area contributed by atoms with Gasteiger partial charge >= 0.3 is 12.1 Å². The summed E-state index contributed by atoms with van der Waals surface area (Å²) in [5.41, 5.74) is -0.561. The third-order valence-corrected chi connectivity index (χ3v) is 9.06. The van der Waals surface area contributed by atoms with Crippen LogP contribution in [-0.2, 0) is 35.0 Å². The van der Waals surface area contributed by atoms with Crippen molar-refractivity contribution in [1.29, 1.82) is 0 Å². The quantitative estimate of drug-likeness (QED) is 0.355. The summed E-state index contributed by atoms with van der Waals surface area (Å²) < 4.78 is 28.8. The molecule has 0 unspecified atom stereocenters. The molecule has 0 aliphatic carbocycles. The van der Waals surface area contributed by atoms with Crippen molar-refractivity contribution in [2.45, 2.75) is 95.5 Å². The normalized spacial score (nSPS) is 32.6. The van der Waals surface area contributed by atoms with E-state index >= 15 is 0 Å². The highest BCUT2D eigenvalue weighted by atomic mass is 35.5. The summed E-state index contributed by atoms with van der Waals surface area (Å²) in [6.45, 7) is 7.41. The van der Waals surface area contributed by atoms with Crippen LogP contribution in [0.4, 0.5) is 10.5 Å². The van der Waals surface area contributed by atoms with Crippen molar-refractivity contribution in [3.8, 4) is 5.75 Å². The maximum atomic E-state index is 13.8. The SMILES string of the molecule is CCCC(=O)O[C@H]1CC(=O)N(C)c2cc(cc(OC)c2Cl)CC(C)=CC=C[C@@H](OC)[C@@]2(O)C[C@H](OC(=O)N2)[C@@H](C)[C@H]2O[C@@]12C. The second-order valence-electron chi connectivity index (χ2n) is 12.0. The summed E-state index contributed by atoms with van der Waals surface area (Å²) in [5.74, 6) is -0.813. The van der Waals surface area contributed by atoms with Crippen LogP contribution in [-0.4, -0.2) is 80.1 Å². The lowest BCUT2D eigenvalue weighted by Crippen LogP contribution is -2.63. The van der Waals surface area contributed by atoms with E-state index in [0.29, 0.717) is 24.3 Å². The van der Waals surface area contributed by atoms with Crippen LogP contribution in [0.2, 0.25) is 5.02 Å². The smallest absolute Gasteiger partial charge is 0.409 e. The van der Waals surface area contributed by atoms with Gasteiger partial charge in [-0.15, -0.1) is 0 Å². The molecule has 4 rings (SSSR count). The molecule has 0 saturated carbocycles. The van der Waals surface area contributed by atoms with Gasteiger partial charge in [-0.25, -0.2) is 4.79 Å². The van der Waals surface area contributed by atoms with Crippen molar-refractivity contribution in [1.82, 2.24) is 5.32 Å².